The molecule has 1 aromatic heterocycles. The molecule has 0 aliphatic carbocycles. The molecule has 0 saturated heterocycles. The van der Waals surface area contributed by atoms with Gasteiger partial charge in [-0.15, -0.1) is 0 Å². The van der Waals surface area contributed by atoms with Crippen LogP contribution >= 0.6 is 0 Å². The lowest BCUT2D eigenvalue weighted by atomic mass is 10.1. The molecule has 6 nitrogen and oxygen atoms in total. The molecule has 0 aliphatic rings. The summed E-state index contributed by atoms with van der Waals surface area (Å²) in [5.41, 5.74) is 3.86. The SMILES string of the molecule is Cc1ccccc1C(=O)Nc1ccc2c(c1)nc(CCNC(=O)c1ccccc1F)n2C. The zero-order valence-electron chi connectivity index (χ0n) is 17.9. The van der Waals surface area contributed by atoms with Gasteiger partial charge >= 0.3 is 0 Å². The van der Waals surface area contributed by atoms with Crippen molar-refractivity contribution in [2.45, 2.75) is 13.3 Å². The summed E-state index contributed by atoms with van der Waals surface area (Å²) >= 11 is 0. The number of halogens is 1. The van der Waals surface area contributed by atoms with Gasteiger partial charge in [-0.25, -0.2) is 9.37 Å². The molecule has 0 spiro atoms. The van der Waals surface area contributed by atoms with Crippen LogP contribution in [-0.2, 0) is 13.5 Å². The second kappa shape index (κ2) is 9.01. The maximum absolute atomic E-state index is 13.7. The maximum Gasteiger partial charge on any atom is 0.255 e. The van der Waals surface area contributed by atoms with Crippen molar-refractivity contribution in [2.75, 3.05) is 11.9 Å². The molecule has 2 N–H and O–H groups in total. The van der Waals surface area contributed by atoms with Crippen molar-refractivity contribution in [3.05, 3.63) is 95.1 Å². The Hall–Kier alpha value is -4.00. The number of nitrogens with zero attached hydrogens (tertiary/aromatic N) is 2. The fourth-order valence-electron chi connectivity index (χ4n) is 3.61. The monoisotopic (exact) mass is 430 g/mol. The van der Waals surface area contributed by atoms with Crippen molar-refractivity contribution in [3.63, 3.8) is 0 Å². The second-order valence-corrected chi connectivity index (χ2v) is 7.55. The third-order valence-electron chi connectivity index (χ3n) is 5.37. The van der Waals surface area contributed by atoms with Crippen LogP contribution in [0, 0.1) is 12.7 Å². The molecule has 0 saturated carbocycles. The Bertz CT molecular complexity index is 1310. The minimum absolute atomic E-state index is 0.0199. The van der Waals surface area contributed by atoms with Gasteiger partial charge < -0.3 is 15.2 Å². The van der Waals surface area contributed by atoms with Crippen molar-refractivity contribution < 1.29 is 14.0 Å². The summed E-state index contributed by atoms with van der Waals surface area (Å²) in [6, 6.07) is 18.9. The summed E-state index contributed by atoms with van der Waals surface area (Å²) in [5.74, 6) is -0.401. The molecule has 4 rings (SSSR count). The number of aryl methyl sites for hydroxylation is 2. The fourth-order valence-corrected chi connectivity index (χ4v) is 3.61. The van der Waals surface area contributed by atoms with Gasteiger partial charge in [-0.3, -0.25) is 9.59 Å². The van der Waals surface area contributed by atoms with Crippen LogP contribution in [-0.4, -0.2) is 27.9 Å². The van der Waals surface area contributed by atoms with Crippen LogP contribution < -0.4 is 10.6 Å². The summed E-state index contributed by atoms with van der Waals surface area (Å²) in [6.45, 7) is 2.22. The highest BCUT2D eigenvalue weighted by molar-refractivity contribution is 6.05. The quantitative estimate of drug-likeness (QED) is 0.480. The molecule has 7 heteroatoms. The molecule has 0 radical (unpaired) electrons. The van der Waals surface area contributed by atoms with Crippen molar-refractivity contribution in [1.82, 2.24) is 14.9 Å². The lowest BCUT2D eigenvalue weighted by Crippen LogP contribution is -2.27. The summed E-state index contributed by atoms with van der Waals surface area (Å²) < 4.78 is 15.7. The van der Waals surface area contributed by atoms with Crippen molar-refractivity contribution in [3.8, 4) is 0 Å². The number of hydrogen-bond donors (Lipinski definition) is 2. The van der Waals surface area contributed by atoms with Gasteiger partial charge in [0.15, 0.2) is 0 Å². The van der Waals surface area contributed by atoms with Gasteiger partial charge in [0.25, 0.3) is 11.8 Å². The van der Waals surface area contributed by atoms with E-state index in [1.165, 1.54) is 12.1 Å². The largest absolute Gasteiger partial charge is 0.351 e. The Balaban J connectivity index is 1.44. The number of rotatable bonds is 6. The minimum Gasteiger partial charge on any atom is -0.351 e. The summed E-state index contributed by atoms with van der Waals surface area (Å²) in [5, 5.41) is 5.65. The Kier molecular flexibility index (Phi) is 5.98. The van der Waals surface area contributed by atoms with Crippen LogP contribution in [0.2, 0.25) is 0 Å². The molecule has 3 aromatic carbocycles. The average molecular weight is 430 g/mol. The van der Waals surface area contributed by atoms with Gasteiger partial charge in [0, 0.05) is 31.3 Å². The number of fused-ring (bicyclic) bond motifs is 1. The standard InChI is InChI=1S/C25H23FN4O2/c1-16-7-3-4-8-18(16)25(32)28-17-11-12-22-21(15-17)29-23(30(22)2)13-14-27-24(31)19-9-5-6-10-20(19)26/h3-12,15H,13-14H2,1-2H3,(H,27,31)(H,28,32). The third-order valence-corrected chi connectivity index (χ3v) is 5.37. The molecular weight excluding hydrogens is 407 g/mol. The number of anilines is 1. The van der Waals surface area contributed by atoms with E-state index in [1.54, 1.807) is 18.2 Å². The molecule has 4 aromatic rings. The number of carbonyl (C=O) groups excluding carboxylic acids is 2. The number of benzene rings is 3. The van der Waals surface area contributed by atoms with Gasteiger partial charge in [0.1, 0.15) is 11.6 Å². The molecule has 0 fully saturated rings. The number of amides is 2. The Morgan fingerprint density at radius 3 is 2.44 bits per heavy atom. The molecule has 1 heterocycles. The number of carbonyl (C=O) groups is 2. The average Bonchev–Trinajstić information content (AvgIpc) is 3.09. The normalized spacial score (nSPS) is 10.8. The number of nitrogens with one attached hydrogen (secondary N) is 2. The lowest BCUT2D eigenvalue weighted by molar-refractivity contribution is 0.0949. The first kappa shape index (κ1) is 21.2. The Morgan fingerprint density at radius 2 is 1.69 bits per heavy atom. The van der Waals surface area contributed by atoms with Crippen molar-refractivity contribution in [1.29, 1.82) is 0 Å². The van der Waals surface area contributed by atoms with Crippen LogP contribution in [0.5, 0.6) is 0 Å². The molecule has 0 aliphatic heterocycles. The smallest absolute Gasteiger partial charge is 0.255 e. The Labute approximate surface area is 185 Å². The van der Waals surface area contributed by atoms with E-state index in [1.807, 2.05) is 54.9 Å². The topological polar surface area (TPSA) is 76.0 Å². The van der Waals surface area contributed by atoms with Gasteiger partial charge in [-0.2, -0.15) is 0 Å². The molecule has 162 valence electrons. The van der Waals surface area contributed by atoms with Crippen LogP contribution in [0.15, 0.2) is 66.7 Å². The predicted molar refractivity (Wildman–Crippen MR) is 122 cm³/mol. The van der Waals surface area contributed by atoms with Crippen molar-refractivity contribution >= 4 is 28.5 Å². The van der Waals surface area contributed by atoms with E-state index >= 15 is 0 Å². The highest BCUT2D eigenvalue weighted by Gasteiger charge is 2.13. The number of imidazole rings is 1. The fraction of sp³-hybridized carbons (Fsp3) is 0.160. The first-order valence-electron chi connectivity index (χ1n) is 10.3. The zero-order chi connectivity index (χ0) is 22.7. The Morgan fingerprint density at radius 1 is 0.969 bits per heavy atom. The van der Waals surface area contributed by atoms with Crippen molar-refractivity contribution in [2.24, 2.45) is 7.05 Å². The summed E-state index contributed by atoms with van der Waals surface area (Å²) in [4.78, 5) is 29.4. The van der Waals surface area contributed by atoms with Crippen LogP contribution in [0.3, 0.4) is 0 Å². The van der Waals surface area contributed by atoms with Gasteiger partial charge in [0.05, 0.1) is 16.6 Å². The highest BCUT2D eigenvalue weighted by atomic mass is 19.1. The van der Waals surface area contributed by atoms with E-state index in [9.17, 15) is 14.0 Å². The van der Waals surface area contributed by atoms with E-state index in [4.69, 9.17) is 0 Å². The van der Waals surface area contributed by atoms with Gasteiger partial charge in [0.2, 0.25) is 0 Å². The number of aromatic nitrogens is 2. The molecular formula is C25H23FN4O2. The molecule has 0 bridgehead atoms. The second-order valence-electron chi connectivity index (χ2n) is 7.55. The van der Waals surface area contributed by atoms with E-state index < -0.39 is 11.7 Å². The van der Waals surface area contributed by atoms with Crippen LogP contribution in [0.1, 0.15) is 32.1 Å². The van der Waals surface area contributed by atoms with E-state index in [-0.39, 0.29) is 11.5 Å². The summed E-state index contributed by atoms with van der Waals surface area (Å²) in [6.07, 6.45) is 0.482. The molecule has 2 amide bonds. The lowest BCUT2D eigenvalue weighted by Gasteiger charge is -2.08. The molecule has 32 heavy (non-hydrogen) atoms. The van der Waals surface area contributed by atoms with E-state index in [0.29, 0.717) is 24.2 Å². The van der Waals surface area contributed by atoms with Crippen LogP contribution in [0.4, 0.5) is 10.1 Å². The van der Waals surface area contributed by atoms with E-state index in [2.05, 4.69) is 15.6 Å². The highest BCUT2D eigenvalue weighted by Crippen LogP contribution is 2.21. The van der Waals surface area contributed by atoms with Crippen LogP contribution in [0.25, 0.3) is 11.0 Å². The zero-order valence-corrected chi connectivity index (χ0v) is 17.9. The van der Waals surface area contributed by atoms with E-state index in [0.717, 1.165) is 22.4 Å². The van der Waals surface area contributed by atoms with Gasteiger partial charge in [-0.1, -0.05) is 30.3 Å². The third kappa shape index (κ3) is 4.37. The van der Waals surface area contributed by atoms with Gasteiger partial charge in [-0.05, 0) is 48.9 Å². The predicted octanol–water partition coefficient (Wildman–Crippen LogP) is 4.25. The number of hydrogen-bond acceptors (Lipinski definition) is 3. The first-order valence-corrected chi connectivity index (χ1v) is 10.3. The summed E-state index contributed by atoms with van der Waals surface area (Å²) in [7, 11) is 1.90. The first-order chi connectivity index (χ1) is 15.4. The maximum atomic E-state index is 13.7. The molecule has 0 atom stereocenters. The molecule has 0 unspecified atom stereocenters. The minimum atomic E-state index is -0.548.